The summed E-state index contributed by atoms with van der Waals surface area (Å²) in [5.41, 5.74) is 1.56. The first-order valence-corrected chi connectivity index (χ1v) is 6.49. The number of benzene rings is 1. The molecule has 0 N–H and O–H groups in total. The van der Waals surface area contributed by atoms with Crippen LogP contribution in [0.2, 0.25) is 5.02 Å². The molecule has 2 aromatic rings. The van der Waals surface area contributed by atoms with Crippen molar-refractivity contribution in [2.24, 2.45) is 0 Å². The van der Waals surface area contributed by atoms with Gasteiger partial charge in [0.05, 0.1) is 12.2 Å². The van der Waals surface area contributed by atoms with Gasteiger partial charge in [-0.25, -0.2) is 9.07 Å². The number of halogens is 3. The molecule has 1 aromatic heterocycles. The first-order valence-electron chi connectivity index (χ1n) is 5.58. The van der Waals surface area contributed by atoms with Crippen LogP contribution in [-0.4, -0.2) is 20.9 Å². The lowest BCUT2D eigenvalue weighted by atomic mass is 10.2. The molecule has 18 heavy (non-hydrogen) atoms. The molecule has 6 heteroatoms. The van der Waals surface area contributed by atoms with Crippen molar-refractivity contribution < 1.29 is 4.39 Å². The predicted octanol–water partition coefficient (Wildman–Crippen LogP) is 3.29. The summed E-state index contributed by atoms with van der Waals surface area (Å²) in [6, 6.07) is 4.28. The van der Waals surface area contributed by atoms with E-state index in [1.165, 1.54) is 18.2 Å². The standard InChI is InChI=1S/C12H12Cl2FN3/c13-5-1-2-11-8-18(17-16-11)7-9-6-10(15)3-4-12(9)14/h3-4,6,8H,1-2,5,7H2. The van der Waals surface area contributed by atoms with Crippen molar-refractivity contribution in [3.63, 3.8) is 0 Å². The third-order valence-corrected chi connectivity index (χ3v) is 3.13. The summed E-state index contributed by atoms with van der Waals surface area (Å²) in [6.07, 6.45) is 3.48. The number of rotatable bonds is 5. The van der Waals surface area contributed by atoms with Gasteiger partial charge >= 0.3 is 0 Å². The number of alkyl halides is 1. The van der Waals surface area contributed by atoms with E-state index in [0.29, 0.717) is 23.0 Å². The molecule has 0 atom stereocenters. The van der Waals surface area contributed by atoms with E-state index in [0.717, 1.165) is 18.5 Å². The van der Waals surface area contributed by atoms with Gasteiger partial charge in [-0.1, -0.05) is 16.8 Å². The lowest BCUT2D eigenvalue weighted by Gasteiger charge is -2.03. The number of aryl methyl sites for hydroxylation is 1. The summed E-state index contributed by atoms with van der Waals surface area (Å²) in [5.74, 6) is 0.291. The second-order valence-corrected chi connectivity index (χ2v) is 4.72. The van der Waals surface area contributed by atoms with E-state index in [1.807, 2.05) is 6.20 Å². The number of aromatic nitrogens is 3. The molecule has 1 heterocycles. The zero-order valence-electron chi connectivity index (χ0n) is 9.61. The van der Waals surface area contributed by atoms with Gasteiger partial charge in [0.2, 0.25) is 0 Å². The third-order valence-electron chi connectivity index (χ3n) is 2.49. The molecule has 0 fully saturated rings. The van der Waals surface area contributed by atoms with Crippen LogP contribution >= 0.6 is 23.2 Å². The minimum atomic E-state index is -0.308. The van der Waals surface area contributed by atoms with Crippen LogP contribution in [0.1, 0.15) is 17.7 Å². The quantitative estimate of drug-likeness (QED) is 0.790. The molecule has 0 saturated carbocycles. The Morgan fingerprint density at radius 3 is 2.94 bits per heavy atom. The zero-order chi connectivity index (χ0) is 13.0. The summed E-state index contributed by atoms with van der Waals surface area (Å²) in [6.45, 7) is 0.407. The van der Waals surface area contributed by atoms with Gasteiger partial charge in [-0.05, 0) is 36.6 Å². The van der Waals surface area contributed by atoms with Crippen molar-refractivity contribution in [3.05, 3.63) is 46.5 Å². The molecule has 0 aliphatic heterocycles. The van der Waals surface area contributed by atoms with E-state index >= 15 is 0 Å². The number of nitrogens with zero attached hydrogens (tertiary/aromatic N) is 3. The highest BCUT2D eigenvalue weighted by Gasteiger charge is 2.05. The predicted molar refractivity (Wildman–Crippen MR) is 69.6 cm³/mol. The van der Waals surface area contributed by atoms with Crippen molar-refractivity contribution in [2.45, 2.75) is 19.4 Å². The maximum absolute atomic E-state index is 13.1. The molecule has 0 saturated heterocycles. The van der Waals surface area contributed by atoms with Crippen LogP contribution in [0.5, 0.6) is 0 Å². The average Bonchev–Trinajstić information content (AvgIpc) is 2.79. The molecule has 1 aromatic carbocycles. The Hall–Kier alpha value is -1.13. The molecule has 0 spiro atoms. The second-order valence-electron chi connectivity index (χ2n) is 3.94. The first-order chi connectivity index (χ1) is 8.69. The lowest BCUT2D eigenvalue weighted by molar-refractivity contribution is 0.614. The normalized spacial score (nSPS) is 10.8. The largest absolute Gasteiger partial charge is 0.248 e. The lowest BCUT2D eigenvalue weighted by Crippen LogP contribution is -2.01. The SMILES string of the molecule is Fc1ccc(Cl)c(Cn2cc(CCCCl)nn2)c1. The molecular weight excluding hydrogens is 276 g/mol. The van der Waals surface area contributed by atoms with Gasteiger partial charge in [0.25, 0.3) is 0 Å². The minimum absolute atomic E-state index is 0.308. The van der Waals surface area contributed by atoms with Gasteiger partial charge in [0.15, 0.2) is 0 Å². The third kappa shape index (κ3) is 3.43. The maximum atomic E-state index is 13.1. The average molecular weight is 288 g/mol. The van der Waals surface area contributed by atoms with Crippen molar-refractivity contribution in [1.82, 2.24) is 15.0 Å². The molecule has 0 aliphatic carbocycles. The van der Waals surface area contributed by atoms with E-state index in [9.17, 15) is 4.39 Å². The fourth-order valence-electron chi connectivity index (χ4n) is 1.62. The molecule has 0 bridgehead atoms. The van der Waals surface area contributed by atoms with E-state index in [1.54, 1.807) is 4.68 Å². The van der Waals surface area contributed by atoms with Gasteiger partial charge in [0, 0.05) is 17.1 Å². The van der Waals surface area contributed by atoms with Gasteiger partial charge in [-0.3, -0.25) is 0 Å². The Bertz CT molecular complexity index is 528. The molecular formula is C12H12Cl2FN3. The van der Waals surface area contributed by atoms with E-state index in [4.69, 9.17) is 23.2 Å². The highest BCUT2D eigenvalue weighted by molar-refractivity contribution is 6.31. The molecule has 0 unspecified atom stereocenters. The fraction of sp³-hybridized carbons (Fsp3) is 0.333. The highest BCUT2D eigenvalue weighted by atomic mass is 35.5. The monoisotopic (exact) mass is 287 g/mol. The minimum Gasteiger partial charge on any atom is -0.248 e. The molecule has 2 rings (SSSR count). The highest BCUT2D eigenvalue weighted by Crippen LogP contribution is 2.18. The van der Waals surface area contributed by atoms with Crippen LogP contribution in [-0.2, 0) is 13.0 Å². The smallest absolute Gasteiger partial charge is 0.123 e. The number of hydrogen-bond acceptors (Lipinski definition) is 2. The first kappa shape index (κ1) is 13.3. The maximum Gasteiger partial charge on any atom is 0.123 e. The summed E-state index contributed by atoms with van der Waals surface area (Å²) in [7, 11) is 0. The summed E-state index contributed by atoms with van der Waals surface area (Å²) in [5, 5.41) is 8.52. The van der Waals surface area contributed by atoms with Gasteiger partial charge in [-0.2, -0.15) is 0 Å². The van der Waals surface area contributed by atoms with Crippen molar-refractivity contribution in [1.29, 1.82) is 0 Å². The molecule has 3 nitrogen and oxygen atoms in total. The Balaban J connectivity index is 2.08. The Morgan fingerprint density at radius 1 is 1.33 bits per heavy atom. The van der Waals surface area contributed by atoms with Crippen LogP contribution < -0.4 is 0 Å². The Labute approximate surface area is 115 Å². The van der Waals surface area contributed by atoms with Gasteiger partial charge < -0.3 is 0 Å². The molecule has 96 valence electrons. The van der Waals surface area contributed by atoms with Crippen LogP contribution in [0.15, 0.2) is 24.4 Å². The fourth-order valence-corrected chi connectivity index (χ4v) is 1.93. The van der Waals surface area contributed by atoms with Gasteiger partial charge in [0.1, 0.15) is 5.82 Å². The zero-order valence-corrected chi connectivity index (χ0v) is 11.1. The Kier molecular flexibility index (Phi) is 4.55. The van der Waals surface area contributed by atoms with E-state index in [-0.39, 0.29) is 5.82 Å². The van der Waals surface area contributed by atoms with Crippen LogP contribution in [0.25, 0.3) is 0 Å². The molecule has 0 radical (unpaired) electrons. The van der Waals surface area contributed by atoms with Gasteiger partial charge in [-0.15, -0.1) is 16.7 Å². The van der Waals surface area contributed by atoms with Crippen molar-refractivity contribution >= 4 is 23.2 Å². The second kappa shape index (κ2) is 6.16. The molecule has 0 amide bonds. The van der Waals surface area contributed by atoms with E-state index < -0.39 is 0 Å². The van der Waals surface area contributed by atoms with E-state index in [2.05, 4.69) is 10.3 Å². The number of hydrogen-bond donors (Lipinski definition) is 0. The summed E-state index contributed by atoms with van der Waals surface area (Å²) >= 11 is 11.6. The van der Waals surface area contributed by atoms with Crippen LogP contribution in [0, 0.1) is 5.82 Å². The van der Waals surface area contributed by atoms with Crippen molar-refractivity contribution in [2.75, 3.05) is 5.88 Å². The van der Waals surface area contributed by atoms with Crippen molar-refractivity contribution in [3.8, 4) is 0 Å². The van der Waals surface area contributed by atoms with Crippen LogP contribution in [0.4, 0.5) is 4.39 Å². The molecule has 0 aliphatic rings. The summed E-state index contributed by atoms with van der Waals surface area (Å²) in [4.78, 5) is 0. The van der Waals surface area contributed by atoms with Crippen LogP contribution in [0.3, 0.4) is 0 Å². The topological polar surface area (TPSA) is 30.7 Å². The summed E-state index contributed by atoms with van der Waals surface area (Å²) < 4.78 is 14.7. The Morgan fingerprint density at radius 2 is 2.17 bits per heavy atom.